The largest absolute Gasteiger partial charge is 0.312 e. The Morgan fingerprint density at radius 3 is 2.67 bits per heavy atom. The Bertz CT molecular complexity index is 599. The van der Waals surface area contributed by atoms with E-state index in [0.717, 1.165) is 31.0 Å². The van der Waals surface area contributed by atoms with Crippen LogP contribution in [0.2, 0.25) is 0 Å². The van der Waals surface area contributed by atoms with E-state index in [1.807, 2.05) is 10.9 Å². The van der Waals surface area contributed by atoms with Gasteiger partial charge in [-0.15, -0.1) is 0 Å². The van der Waals surface area contributed by atoms with E-state index >= 15 is 0 Å². The summed E-state index contributed by atoms with van der Waals surface area (Å²) in [6.45, 7) is 12.7. The second kappa shape index (κ2) is 6.85. The van der Waals surface area contributed by atoms with Crippen LogP contribution in [0.4, 0.5) is 0 Å². The van der Waals surface area contributed by atoms with E-state index in [0.29, 0.717) is 5.92 Å². The van der Waals surface area contributed by atoms with Gasteiger partial charge in [-0.05, 0) is 56.0 Å². The van der Waals surface area contributed by atoms with Crippen molar-refractivity contribution in [3.8, 4) is 5.82 Å². The fourth-order valence-corrected chi connectivity index (χ4v) is 2.60. The van der Waals surface area contributed by atoms with E-state index < -0.39 is 0 Å². The van der Waals surface area contributed by atoms with Crippen molar-refractivity contribution in [2.45, 2.75) is 47.6 Å². The minimum absolute atomic E-state index is 0.662. The van der Waals surface area contributed by atoms with Gasteiger partial charge in [0.1, 0.15) is 0 Å². The molecule has 2 aromatic rings. The summed E-state index contributed by atoms with van der Waals surface area (Å²) in [5.41, 5.74) is 4.85. The molecule has 0 spiro atoms. The molecule has 0 saturated carbocycles. The predicted molar refractivity (Wildman–Crippen MR) is 86.8 cm³/mol. The van der Waals surface area contributed by atoms with Gasteiger partial charge in [-0.2, -0.15) is 5.10 Å². The van der Waals surface area contributed by atoms with Crippen LogP contribution in [-0.4, -0.2) is 21.3 Å². The summed E-state index contributed by atoms with van der Waals surface area (Å²) in [5.74, 6) is 1.56. The van der Waals surface area contributed by atoms with Gasteiger partial charge in [0.05, 0.1) is 5.69 Å². The van der Waals surface area contributed by atoms with E-state index in [2.05, 4.69) is 62.2 Å². The first-order valence-electron chi connectivity index (χ1n) is 7.74. The third kappa shape index (κ3) is 3.70. The molecule has 0 radical (unpaired) electrons. The van der Waals surface area contributed by atoms with Crippen molar-refractivity contribution in [1.82, 2.24) is 20.1 Å². The molecule has 2 aromatic heterocycles. The van der Waals surface area contributed by atoms with Gasteiger partial charge in [0, 0.05) is 18.4 Å². The zero-order valence-corrected chi connectivity index (χ0v) is 13.8. The molecule has 0 saturated heterocycles. The predicted octanol–water partition coefficient (Wildman–Crippen LogP) is 3.19. The van der Waals surface area contributed by atoms with Gasteiger partial charge in [0.15, 0.2) is 5.82 Å². The zero-order valence-electron chi connectivity index (χ0n) is 13.8. The van der Waals surface area contributed by atoms with E-state index in [4.69, 9.17) is 0 Å². The lowest BCUT2D eigenvalue weighted by Gasteiger charge is -2.09. The maximum absolute atomic E-state index is 4.63. The second-order valence-corrected chi connectivity index (χ2v) is 5.96. The van der Waals surface area contributed by atoms with Crippen LogP contribution < -0.4 is 5.32 Å². The summed E-state index contributed by atoms with van der Waals surface area (Å²) < 4.78 is 1.96. The molecular weight excluding hydrogens is 260 g/mol. The summed E-state index contributed by atoms with van der Waals surface area (Å²) in [6.07, 6.45) is 2.87. The molecule has 0 bridgehead atoms. The summed E-state index contributed by atoms with van der Waals surface area (Å²) in [5, 5.41) is 8.10. The molecule has 2 rings (SSSR count). The van der Waals surface area contributed by atoms with E-state index in [-0.39, 0.29) is 0 Å². The Morgan fingerprint density at radius 1 is 1.29 bits per heavy atom. The Balaban J connectivity index is 2.21. The van der Waals surface area contributed by atoms with Crippen molar-refractivity contribution in [3.63, 3.8) is 0 Å². The van der Waals surface area contributed by atoms with Crippen LogP contribution in [0.25, 0.3) is 5.82 Å². The molecule has 0 aliphatic carbocycles. The molecule has 2 heterocycles. The van der Waals surface area contributed by atoms with Crippen molar-refractivity contribution < 1.29 is 0 Å². The first kappa shape index (κ1) is 15.7. The normalized spacial score (nSPS) is 11.3. The van der Waals surface area contributed by atoms with Crippen molar-refractivity contribution in [2.24, 2.45) is 5.92 Å². The third-order valence-corrected chi connectivity index (χ3v) is 3.70. The van der Waals surface area contributed by atoms with Gasteiger partial charge < -0.3 is 5.32 Å². The molecule has 114 valence electrons. The Hall–Kier alpha value is -1.68. The van der Waals surface area contributed by atoms with Crippen LogP contribution in [0, 0.1) is 19.8 Å². The van der Waals surface area contributed by atoms with E-state index in [1.165, 1.54) is 16.8 Å². The minimum Gasteiger partial charge on any atom is -0.312 e. The standard InChI is InChI=1S/C17H26N4/c1-6-16-13(4)20-21(14(16)5)17-9-15(7-8-19-17)11-18-10-12(2)3/h7-9,12,18H,6,10-11H2,1-5H3. The molecule has 0 aliphatic rings. The quantitative estimate of drug-likeness (QED) is 0.887. The van der Waals surface area contributed by atoms with Gasteiger partial charge in [0.25, 0.3) is 0 Å². The van der Waals surface area contributed by atoms with Crippen LogP contribution in [0.5, 0.6) is 0 Å². The third-order valence-electron chi connectivity index (χ3n) is 3.70. The summed E-state index contributed by atoms with van der Waals surface area (Å²) in [4.78, 5) is 4.48. The Morgan fingerprint density at radius 2 is 2.05 bits per heavy atom. The van der Waals surface area contributed by atoms with Crippen molar-refractivity contribution >= 4 is 0 Å². The molecule has 1 N–H and O–H groups in total. The van der Waals surface area contributed by atoms with Crippen LogP contribution in [-0.2, 0) is 13.0 Å². The fraction of sp³-hybridized carbons (Fsp3) is 0.529. The number of aromatic nitrogens is 3. The highest BCUT2D eigenvalue weighted by molar-refractivity contribution is 5.34. The lowest BCUT2D eigenvalue weighted by atomic mass is 10.1. The average molecular weight is 286 g/mol. The Kier molecular flexibility index (Phi) is 5.12. The maximum atomic E-state index is 4.63. The number of hydrogen-bond acceptors (Lipinski definition) is 3. The number of hydrogen-bond donors (Lipinski definition) is 1. The molecule has 4 heteroatoms. The van der Waals surface area contributed by atoms with Gasteiger partial charge in [-0.1, -0.05) is 20.8 Å². The van der Waals surface area contributed by atoms with Crippen LogP contribution >= 0.6 is 0 Å². The molecule has 0 aromatic carbocycles. The lowest BCUT2D eigenvalue weighted by molar-refractivity contribution is 0.552. The molecule has 0 amide bonds. The van der Waals surface area contributed by atoms with Crippen molar-refractivity contribution in [2.75, 3.05) is 6.54 Å². The first-order valence-corrected chi connectivity index (χ1v) is 7.74. The van der Waals surface area contributed by atoms with Crippen LogP contribution in [0.3, 0.4) is 0 Å². The number of nitrogens with one attached hydrogen (secondary N) is 1. The van der Waals surface area contributed by atoms with Gasteiger partial charge in [-0.25, -0.2) is 9.67 Å². The minimum atomic E-state index is 0.662. The summed E-state index contributed by atoms with van der Waals surface area (Å²) in [7, 11) is 0. The van der Waals surface area contributed by atoms with E-state index in [1.54, 1.807) is 0 Å². The number of pyridine rings is 1. The Labute approximate surface area is 127 Å². The smallest absolute Gasteiger partial charge is 0.153 e. The number of nitrogens with zero attached hydrogens (tertiary/aromatic N) is 3. The highest BCUT2D eigenvalue weighted by Gasteiger charge is 2.12. The monoisotopic (exact) mass is 286 g/mol. The zero-order chi connectivity index (χ0) is 15.4. The molecule has 0 atom stereocenters. The first-order chi connectivity index (χ1) is 10.0. The second-order valence-electron chi connectivity index (χ2n) is 5.96. The molecule has 0 fully saturated rings. The maximum Gasteiger partial charge on any atom is 0.153 e. The highest BCUT2D eigenvalue weighted by atomic mass is 15.3. The topological polar surface area (TPSA) is 42.7 Å². The summed E-state index contributed by atoms with van der Waals surface area (Å²) in [6, 6.07) is 4.18. The molecule has 21 heavy (non-hydrogen) atoms. The van der Waals surface area contributed by atoms with Crippen LogP contribution in [0.15, 0.2) is 18.3 Å². The molecule has 0 aliphatic heterocycles. The fourth-order valence-electron chi connectivity index (χ4n) is 2.60. The summed E-state index contributed by atoms with van der Waals surface area (Å²) >= 11 is 0. The van der Waals surface area contributed by atoms with Gasteiger partial charge in [-0.3, -0.25) is 0 Å². The van der Waals surface area contributed by atoms with Crippen LogP contribution in [0.1, 0.15) is 43.3 Å². The number of rotatable bonds is 6. The van der Waals surface area contributed by atoms with Crippen molar-refractivity contribution in [3.05, 3.63) is 40.8 Å². The molecule has 0 unspecified atom stereocenters. The molecule has 4 nitrogen and oxygen atoms in total. The lowest BCUT2D eigenvalue weighted by Crippen LogP contribution is -2.19. The van der Waals surface area contributed by atoms with Crippen molar-refractivity contribution in [1.29, 1.82) is 0 Å². The van der Waals surface area contributed by atoms with Gasteiger partial charge >= 0.3 is 0 Å². The number of aryl methyl sites for hydroxylation is 1. The average Bonchev–Trinajstić information content (AvgIpc) is 2.73. The van der Waals surface area contributed by atoms with Gasteiger partial charge in [0.2, 0.25) is 0 Å². The highest BCUT2D eigenvalue weighted by Crippen LogP contribution is 2.17. The van der Waals surface area contributed by atoms with E-state index in [9.17, 15) is 0 Å². The molecular formula is C17H26N4. The SMILES string of the molecule is CCc1c(C)nn(-c2cc(CNCC(C)C)ccn2)c1C.